The highest BCUT2D eigenvalue weighted by atomic mass is 19.4. The number of nitrogens with one attached hydrogen (secondary N) is 2. The van der Waals surface area contributed by atoms with Crippen molar-refractivity contribution in [2.75, 3.05) is 0 Å². The van der Waals surface area contributed by atoms with E-state index in [2.05, 4.69) is 15.2 Å². The van der Waals surface area contributed by atoms with Crippen LogP contribution >= 0.6 is 0 Å². The van der Waals surface area contributed by atoms with Gasteiger partial charge in [-0.2, -0.15) is 0 Å². The van der Waals surface area contributed by atoms with Gasteiger partial charge in [-0.25, -0.2) is 9.07 Å². The summed E-state index contributed by atoms with van der Waals surface area (Å²) in [6.45, 7) is 0. The first-order valence-electron chi connectivity index (χ1n) is 8.99. The Hall–Kier alpha value is -4.09. The summed E-state index contributed by atoms with van der Waals surface area (Å²) in [5, 5.41) is 14.0. The number of para-hydroxylation sites is 1. The molecule has 0 saturated heterocycles. The third kappa shape index (κ3) is 5.53. The van der Waals surface area contributed by atoms with Crippen molar-refractivity contribution in [1.82, 2.24) is 15.1 Å². The highest BCUT2D eigenvalue weighted by molar-refractivity contribution is 5.92. The van der Waals surface area contributed by atoms with Gasteiger partial charge in [0, 0.05) is 6.07 Å². The van der Waals surface area contributed by atoms with Crippen LogP contribution in [0.1, 0.15) is 28.5 Å². The SMILES string of the molecule is O=C(O)CC(NC(=O)c1cc(=O)n(-c2ccccc2F)[nH]1)c1ccc(OC(F)(F)F)cc1. The molecule has 1 atom stereocenters. The first kappa shape index (κ1) is 22.6. The summed E-state index contributed by atoms with van der Waals surface area (Å²) >= 11 is 0. The molecule has 2 aromatic carbocycles. The van der Waals surface area contributed by atoms with E-state index in [1.54, 1.807) is 0 Å². The number of nitrogens with zero attached hydrogens (tertiary/aromatic N) is 1. The van der Waals surface area contributed by atoms with Crippen LogP contribution in [-0.2, 0) is 4.79 Å². The van der Waals surface area contributed by atoms with Crippen LogP contribution in [0.2, 0.25) is 0 Å². The molecule has 0 radical (unpaired) electrons. The Balaban J connectivity index is 1.83. The number of aliphatic carboxylic acids is 1. The molecule has 32 heavy (non-hydrogen) atoms. The normalized spacial score (nSPS) is 12.2. The molecule has 1 amide bonds. The van der Waals surface area contributed by atoms with Crippen molar-refractivity contribution in [3.63, 3.8) is 0 Å². The van der Waals surface area contributed by atoms with Crippen molar-refractivity contribution < 1.29 is 37.0 Å². The lowest BCUT2D eigenvalue weighted by Gasteiger charge is -2.18. The average molecular weight is 453 g/mol. The largest absolute Gasteiger partial charge is 0.573 e. The van der Waals surface area contributed by atoms with E-state index in [0.29, 0.717) is 0 Å². The van der Waals surface area contributed by atoms with Gasteiger partial charge in [0.1, 0.15) is 22.9 Å². The van der Waals surface area contributed by atoms with Gasteiger partial charge in [-0.05, 0) is 29.8 Å². The summed E-state index contributed by atoms with van der Waals surface area (Å²) in [6.07, 6.45) is -5.49. The van der Waals surface area contributed by atoms with Crippen LogP contribution in [0.25, 0.3) is 5.69 Å². The Labute approximate surface area is 177 Å². The molecule has 1 unspecified atom stereocenters. The first-order valence-corrected chi connectivity index (χ1v) is 8.99. The fourth-order valence-electron chi connectivity index (χ4n) is 2.89. The maximum atomic E-state index is 13.9. The van der Waals surface area contributed by atoms with Gasteiger partial charge in [-0.15, -0.1) is 13.2 Å². The molecule has 3 N–H and O–H groups in total. The van der Waals surface area contributed by atoms with Gasteiger partial charge in [-0.1, -0.05) is 24.3 Å². The lowest BCUT2D eigenvalue weighted by molar-refractivity contribution is -0.274. The predicted octanol–water partition coefficient (Wildman–Crippen LogP) is 3.15. The van der Waals surface area contributed by atoms with E-state index in [-0.39, 0.29) is 16.9 Å². The van der Waals surface area contributed by atoms with Crippen LogP contribution in [-0.4, -0.2) is 33.1 Å². The molecule has 0 bridgehead atoms. The third-order valence-electron chi connectivity index (χ3n) is 4.26. The molecule has 8 nitrogen and oxygen atoms in total. The molecule has 0 spiro atoms. The minimum atomic E-state index is -4.90. The lowest BCUT2D eigenvalue weighted by Crippen LogP contribution is -2.30. The van der Waals surface area contributed by atoms with Gasteiger partial charge in [0.25, 0.3) is 11.5 Å². The standard InChI is InChI=1S/C20H15F4N3O5/c21-13-3-1-2-4-16(13)27-17(28)9-15(26-27)19(31)25-14(10-18(29)30)11-5-7-12(8-6-11)32-20(22,23)24/h1-9,14,26H,10H2,(H,25,31)(H,29,30). The average Bonchev–Trinajstić information content (AvgIpc) is 3.08. The number of halogens is 4. The highest BCUT2D eigenvalue weighted by Gasteiger charge is 2.31. The van der Waals surface area contributed by atoms with E-state index in [4.69, 9.17) is 5.11 Å². The molecule has 1 heterocycles. The molecular weight excluding hydrogens is 438 g/mol. The Bertz CT molecular complexity index is 1180. The number of ether oxygens (including phenoxy) is 1. The monoisotopic (exact) mass is 453 g/mol. The summed E-state index contributed by atoms with van der Waals surface area (Å²) in [5.41, 5.74) is -0.945. The molecule has 0 aliphatic heterocycles. The molecule has 0 aliphatic carbocycles. The Kier molecular flexibility index (Phi) is 6.32. The van der Waals surface area contributed by atoms with Crippen molar-refractivity contribution >= 4 is 11.9 Å². The van der Waals surface area contributed by atoms with Crippen LogP contribution in [0, 0.1) is 5.82 Å². The molecule has 3 rings (SSSR count). The number of aromatic nitrogens is 2. The molecule has 0 aliphatic rings. The summed E-state index contributed by atoms with van der Waals surface area (Å²) in [6, 6.07) is 9.39. The maximum Gasteiger partial charge on any atom is 0.573 e. The number of hydrogen-bond donors (Lipinski definition) is 3. The number of benzene rings is 2. The van der Waals surface area contributed by atoms with E-state index in [0.717, 1.165) is 28.9 Å². The number of carboxylic acids is 1. The fraction of sp³-hybridized carbons (Fsp3) is 0.150. The Morgan fingerprint density at radius 1 is 1.12 bits per heavy atom. The molecule has 0 fully saturated rings. The highest BCUT2D eigenvalue weighted by Crippen LogP contribution is 2.25. The predicted molar refractivity (Wildman–Crippen MR) is 102 cm³/mol. The van der Waals surface area contributed by atoms with Gasteiger partial charge in [0.05, 0.1) is 12.5 Å². The van der Waals surface area contributed by atoms with Gasteiger partial charge < -0.3 is 15.2 Å². The third-order valence-corrected chi connectivity index (χ3v) is 4.26. The number of H-pyrrole nitrogens is 1. The summed E-state index contributed by atoms with van der Waals surface area (Å²) in [7, 11) is 0. The number of hydrogen-bond acceptors (Lipinski definition) is 4. The number of carbonyl (C=O) groups excluding carboxylic acids is 1. The van der Waals surface area contributed by atoms with Crippen LogP contribution in [0.4, 0.5) is 17.6 Å². The van der Waals surface area contributed by atoms with Gasteiger partial charge in [0.2, 0.25) is 0 Å². The molecule has 12 heteroatoms. The second-order valence-electron chi connectivity index (χ2n) is 6.54. The van der Waals surface area contributed by atoms with Crippen molar-refractivity contribution in [3.05, 3.63) is 82.0 Å². The molecule has 1 aromatic heterocycles. The first-order chi connectivity index (χ1) is 15.0. The zero-order valence-electron chi connectivity index (χ0n) is 16.0. The lowest BCUT2D eigenvalue weighted by atomic mass is 10.0. The molecule has 3 aromatic rings. The second kappa shape index (κ2) is 8.96. The van der Waals surface area contributed by atoms with Gasteiger partial charge >= 0.3 is 12.3 Å². The minimum absolute atomic E-state index is 0.126. The summed E-state index contributed by atoms with van der Waals surface area (Å²) in [4.78, 5) is 36.0. The zero-order valence-corrected chi connectivity index (χ0v) is 16.0. The number of rotatable bonds is 7. The number of carboxylic acid groups (broad SMARTS) is 1. The van der Waals surface area contributed by atoms with Crippen LogP contribution in [0.15, 0.2) is 59.4 Å². The number of aromatic amines is 1. The van der Waals surface area contributed by atoms with E-state index in [1.807, 2.05) is 0 Å². The zero-order chi connectivity index (χ0) is 23.5. The molecule has 168 valence electrons. The van der Waals surface area contributed by atoms with Crippen LogP contribution in [0.3, 0.4) is 0 Å². The van der Waals surface area contributed by atoms with Crippen LogP contribution in [0.5, 0.6) is 5.75 Å². The maximum absolute atomic E-state index is 13.9. The smallest absolute Gasteiger partial charge is 0.481 e. The van der Waals surface area contributed by atoms with E-state index in [1.165, 1.54) is 30.3 Å². The second-order valence-corrected chi connectivity index (χ2v) is 6.54. The quantitative estimate of drug-likeness (QED) is 0.476. The van der Waals surface area contributed by atoms with E-state index in [9.17, 15) is 31.9 Å². The number of alkyl halides is 3. The van der Waals surface area contributed by atoms with Crippen molar-refractivity contribution in [2.24, 2.45) is 0 Å². The summed E-state index contributed by atoms with van der Waals surface area (Å²) < 4.78 is 55.4. The number of carbonyl (C=O) groups is 2. The Morgan fingerprint density at radius 2 is 1.78 bits per heavy atom. The minimum Gasteiger partial charge on any atom is -0.481 e. The molecular formula is C20H15F4N3O5. The molecule has 0 saturated carbocycles. The Morgan fingerprint density at radius 3 is 2.38 bits per heavy atom. The van der Waals surface area contributed by atoms with Gasteiger partial charge in [0.15, 0.2) is 0 Å². The number of amides is 1. The van der Waals surface area contributed by atoms with Crippen LogP contribution < -0.4 is 15.6 Å². The topological polar surface area (TPSA) is 113 Å². The van der Waals surface area contributed by atoms with Crippen molar-refractivity contribution in [1.29, 1.82) is 0 Å². The fourth-order valence-corrected chi connectivity index (χ4v) is 2.89. The van der Waals surface area contributed by atoms with Gasteiger partial charge in [-0.3, -0.25) is 19.5 Å². The van der Waals surface area contributed by atoms with E-state index >= 15 is 0 Å². The van der Waals surface area contributed by atoms with E-state index < -0.39 is 47.8 Å². The van der Waals surface area contributed by atoms with Crippen molar-refractivity contribution in [2.45, 2.75) is 18.8 Å². The van der Waals surface area contributed by atoms with Crippen molar-refractivity contribution in [3.8, 4) is 11.4 Å². The summed E-state index contributed by atoms with van der Waals surface area (Å²) in [5.74, 6) is -3.40.